The van der Waals surface area contributed by atoms with Crippen LogP contribution in [0.5, 0.6) is 0 Å². The Morgan fingerprint density at radius 3 is 2.68 bits per heavy atom. The number of aromatic amines is 1. The van der Waals surface area contributed by atoms with Crippen LogP contribution in [0.25, 0.3) is 11.3 Å². The smallest absolute Gasteiger partial charge is 0.227 e. The number of amides is 2. The summed E-state index contributed by atoms with van der Waals surface area (Å²) in [5.41, 5.74) is 8.71. The number of nitrogens with one attached hydrogen (secondary N) is 3. The van der Waals surface area contributed by atoms with Crippen molar-refractivity contribution < 1.29 is 9.59 Å². The van der Waals surface area contributed by atoms with E-state index in [0.717, 1.165) is 55.6 Å². The molecule has 0 atom stereocenters. The maximum Gasteiger partial charge on any atom is 0.227 e. The average molecular weight is 422 g/mol. The lowest BCUT2D eigenvalue weighted by Gasteiger charge is -2.27. The first-order valence-electron chi connectivity index (χ1n) is 11.3. The van der Waals surface area contributed by atoms with Gasteiger partial charge in [-0.2, -0.15) is 0 Å². The number of allylic oxidation sites excluding steroid dienone is 2. The number of carbonyl (C=O) groups excluding carboxylic acids is 2. The van der Waals surface area contributed by atoms with Crippen molar-refractivity contribution in [1.82, 2.24) is 9.97 Å². The van der Waals surface area contributed by atoms with Gasteiger partial charge >= 0.3 is 0 Å². The number of carbonyl (C=O) groups is 2. The third-order valence-corrected chi connectivity index (χ3v) is 6.30. The van der Waals surface area contributed by atoms with E-state index in [-0.39, 0.29) is 17.7 Å². The van der Waals surface area contributed by atoms with Crippen LogP contribution < -0.4 is 16.4 Å². The number of rotatable bonds is 3. The quantitative estimate of drug-likeness (QED) is 0.561. The summed E-state index contributed by atoms with van der Waals surface area (Å²) in [6, 6.07) is 5.61. The van der Waals surface area contributed by atoms with Crippen LogP contribution in [0, 0.1) is 11.8 Å². The number of hydrogen-bond donors (Lipinski definition) is 4. The molecule has 1 aliphatic heterocycles. The number of aromatic nitrogens is 2. The second-order valence-corrected chi connectivity index (χ2v) is 8.51. The van der Waals surface area contributed by atoms with E-state index in [9.17, 15) is 9.59 Å². The fourth-order valence-corrected chi connectivity index (χ4v) is 4.45. The molecule has 2 heterocycles. The van der Waals surface area contributed by atoms with Crippen LogP contribution in [0.15, 0.2) is 36.5 Å². The molecule has 1 fully saturated rings. The molecular weight excluding hydrogens is 390 g/mol. The van der Waals surface area contributed by atoms with Gasteiger partial charge in [0.05, 0.1) is 23.3 Å². The molecule has 1 aliphatic carbocycles. The zero-order chi connectivity index (χ0) is 21.6. The van der Waals surface area contributed by atoms with Crippen LogP contribution in [0.2, 0.25) is 0 Å². The van der Waals surface area contributed by atoms with E-state index in [1.807, 2.05) is 24.3 Å². The molecule has 0 saturated heterocycles. The molecule has 2 bridgehead atoms. The zero-order valence-corrected chi connectivity index (χ0v) is 17.8. The largest absolute Gasteiger partial charge is 0.342 e. The summed E-state index contributed by atoms with van der Waals surface area (Å²) in [7, 11) is 0. The van der Waals surface area contributed by atoms with Crippen molar-refractivity contribution in [1.29, 1.82) is 0 Å². The third-order valence-electron chi connectivity index (χ3n) is 6.30. The van der Waals surface area contributed by atoms with Gasteiger partial charge in [0.15, 0.2) is 0 Å². The summed E-state index contributed by atoms with van der Waals surface area (Å²) in [6.45, 7) is 0.692. The van der Waals surface area contributed by atoms with Gasteiger partial charge in [0.2, 0.25) is 11.8 Å². The summed E-state index contributed by atoms with van der Waals surface area (Å²) < 4.78 is 0. The normalized spacial score (nSPS) is 21.8. The van der Waals surface area contributed by atoms with Crippen LogP contribution in [0.1, 0.15) is 50.8 Å². The number of anilines is 2. The van der Waals surface area contributed by atoms with Gasteiger partial charge in [0, 0.05) is 24.3 Å². The van der Waals surface area contributed by atoms with Gasteiger partial charge in [-0.05, 0) is 63.1 Å². The number of hydrogen-bond acceptors (Lipinski definition) is 4. The summed E-state index contributed by atoms with van der Waals surface area (Å²) in [4.78, 5) is 33.4. The molecule has 0 spiro atoms. The molecule has 7 heteroatoms. The molecule has 1 aromatic carbocycles. The lowest BCUT2D eigenvalue weighted by atomic mass is 9.81. The Kier molecular flexibility index (Phi) is 6.82. The molecule has 4 rings (SSSR count). The van der Waals surface area contributed by atoms with Crippen LogP contribution in [0.4, 0.5) is 11.4 Å². The summed E-state index contributed by atoms with van der Waals surface area (Å²) >= 11 is 0. The van der Waals surface area contributed by atoms with Gasteiger partial charge in [-0.15, -0.1) is 0 Å². The number of nitrogens with two attached hydrogens (primary N) is 1. The average Bonchev–Trinajstić information content (AvgIpc) is 3.24. The van der Waals surface area contributed by atoms with Gasteiger partial charge in [-0.25, -0.2) is 4.98 Å². The molecule has 7 nitrogen and oxygen atoms in total. The van der Waals surface area contributed by atoms with Crippen molar-refractivity contribution >= 4 is 23.2 Å². The molecule has 31 heavy (non-hydrogen) atoms. The Hall–Kier alpha value is -2.93. The van der Waals surface area contributed by atoms with E-state index in [1.54, 1.807) is 6.20 Å². The van der Waals surface area contributed by atoms with E-state index in [0.29, 0.717) is 36.7 Å². The van der Waals surface area contributed by atoms with E-state index in [1.165, 1.54) is 0 Å². The monoisotopic (exact) mass is 421 g/mol. The Balaban J connectivity index is 1.62. The molecular formula is C24H31N5O2. The molecule has 1 aromatic heterocycles. The fourth-order valence-electron chi connectivity index (χ4n) is 4.45. The Bertz CT molecular complexity index is 957. The second kappa shape index (κ2) is 9.92. The SMILES string of the molecule is NCC1CCC(C(=O)Nc2cccc3c2-c2cnc([nH]2)CCC=CCCC(=O)N3)CC1. The standard InChI is InChI=1S/C24H31N5O2/c25-14-16-10-12-17(13-11-16)24(31)29-19-7-5-6-18-23(19)20-15-26-21(27-20)8-3-1-2-4-9-22(30)28-18/h1-2,5-7,15-17H,3-4,8-14,25H2,(H,26,27)(H,28,30)(H,29,31). The number of benzene rings is 1. The summed E-state index contributed by atoms with van der Waals surface area (Å²) in [5.74, 6) is 1.39. The topological polar surface area (TPSA) is 113 Å². The summed E-state index contributed by atoms with van der Waals surface area (Å²) in [6.07, 6.45) is 12.4. The Morgan fingerprint density at radius 2 is 1.90 bits per heavy atom. The van der Waals surface area contributed by atoms with Gasteiger partial charge in [0.1, 0.15) is 5.82 Å². The zero-order valence-electron chi connectivity index (χ0n) is 17.8. The first-order chi connectivity index (χ1) is 15.1. The predicted molar refractivity (Wildman–Crippen MR) is 122 cm³/mol. The molecule has 0 unspecified atom stereocenters. The first-order valence-corrected chi connectivity index (χ1v) is 11.3. The number of imidazole rings is 1. The molecule has 2 amide bonds. The minimum atomic E-state index is -0.0477. The van der Waals surface area contributed by atoms with E-state index in [4.69, 9.17) is 5.73 Å². The second-order valence-electron chi connectivity index (χ2n) is 8.51. The third kappa shape index (κ3) is 5.22. The summed E-state index contributed by atoms with van der Waals surface area (Å²) in [5, 5.41) is 6.15. The number of aryl methyl sites for hydroxylation is 1. The van der Waals surface area contributed by atoms with Gasteiger partial charge in [0.25, 0.3) is 0 Å². The van der Waals surface area contributed by atoms with Crippen molar-refractivity contribution in [2.45, 2.75) is 51.4 Å². The molecule has 2 aliphatic rings. The van der Waals surface area contributed by atoms with E-state index < -0.39 is 0 Å². The van der Waals surface area contributed by atoms with Crippen molar-refractivity contribution in [3.63, 3.8) is 0 Å². The van der Waals surface area contributed by atoms with Gasteiger partial charge in [-0.3, -0.25) is 9.59 Å². The first kappa shape index (κ1) is 21.3. The molecule has 0 radical (unpaired) electrons. The van der Waals surface area contributed by atoms with Crippen LogP contribution in [0.3, 0.4) is 0 Å². The maximum absolute atomic E-state index is 13.0. The Morgan fingerprint density at radius 1 is 1.13 bits per heavy atom. The lowest BCUT2D eigenvalue weighted by molar-refractivity contribution is -0.121. The van der Waals surface area contributed by atoms with Crippen LogP contribution in [-0.2, 0) is 16.0 Å². The van der Waals surface area contributed by atoms with E-state index in [2.05, 4.69) is 26.7 Å². The van der Waals surface area contributed by atoms with Crippen molar-refractivity contribution in [2.24, 2.45) is 17.6 Å². The van der Waals surface area contributed by atoms with Crippen LogP contribution in [-0.4, -0.2) is 28.3 Å². The molecule has 1 saturated carbocycles. The highest BCUT2D eigenvalue weighted by Crippen LogP contribution is 2.36. The maximum atomic E-state index is 13.0. The molecule has 5 N–H and O–H groups in total. The van der Waals surface area contributed by atoms with E-state index >= 15 is 0 Å². The van der Waals surface area contributed by atoms with Crippen molar-refractivity contribution in [3.8, 4) is 11.3 Å². The number of nitrogens with zero attached hydrogens (tertiary/aromatic N) is 1. The minimum Gasteiger partial charge on any atom is -0.342 e. The van der Waals surface area contributed by atoms with Gasteiger partial charge in [-0.1, -0.05) is 18.2 Å². The highest BCUT2D eigenvalue weighted by molar-refractivity contribution is 6.02. The lowest BCUT2D eigenvalue weighted by Crippen LogP contribution is -2.29. The fraction of sp³-hybridized carbons (Fsp3) is 0.458. The van der Waals surface area contributed by atoms with Gasteiger partial charge < -0.3 is 21.4 Å². The highest BCUT2D eigenvalue weighted by Gasteiger charge is 2.27. The molecule has 164 valence electrons. The Labute approximate surface area is 182 Å². The molecule has 2 aromatic rings. The number of H-pyrrole nitrogens is 1. The van der Waals surface area contributed by atoms with Crippen LogP contribution >= 0.6 is 0 Å². The van der Waals surface area contributed by atoms with Crippen molar-refractivity contribution in [2.75, 3.05) is 17.2 Å². The number of fused-ring (bicyclic) bond motifs is 4. The minimum absolute atomic E-state index is 0.00796. The van der Waals surface area contributed by atoms with Crippen molar-refractivity contribution in [3.05, 3.63) is 42.4 Å². The predicted octanol–water partition coefficient (Wildman–Crippen LogP) is 4.00. The highest BCUT2D eigenvalue weighted by atomic mass is 16.2.